The lowest BCUT2D eigenvalue weighted by atomic mass is 10.1. The fourth-order valence-electron chi connectivity index (χ4n) is 3.46. The van der Waals surface area contributed by atoms with Gasteiger partial charge in [-0.1, -0.05) is 37.3 Å². The summed E-state index contributed by atoms with van der Waals surface area (Å²) >= 11 is 0. The first-order valence-electron chi connectivity index (χ1n) is 13.0. The van der Waals surface area contributed by atoms with Crippen molar-refractivity contribution in [3.63, 3.8) is 0 Å². The summed E-state index contributed by atoms with van der Waals surface area (Å²) in [5.74, 6) is -0.241. The van der Waals surface area contributed by atoms with Crippen LogP contribution in [0.3, 0.4) is 0 Å². The summed E-state index contributed by atoms with van der Waals surface area (Å²) in [6.45, 7) is 7.98. The summed E-state index contributed by atoms with van der Waals surface area (Å²) in [5.41, 5.74) is 1.47. The number of aryl methyl sites for hydroxylation is 1. The van der Waals surface area contributed by atoms with Crippen molar-refractivity contribution in [1.82, 2.24) is 0 Å². The second-order valence-corrected chi connectivity index (χ2v) is 8.69. The van der Waals surface area contributed by atoms with Crippen molar-refractivity contribution in [2.24, 2.45) is 0 Å². The highest BCUT2D eigenvalue weighted by molar-refractivity contribution is 5.96. The first-order valence-corrected chi connectivity index (χ1v) is 13.0. The Hall–Kier alpha value is -4.04. The fraction of sp³-hybridized carbons (Fsp3) is 0.355. The van der Waals surface area contributed by atoms with Gasteiger partial charge in [0.05, 0.1) is 13.2 Å². The van der Waals surface area contributed by atoms with Crippen molar-refractivity contribution >= 4 is 23.7 Å². The van der Waals surface area contributed by atoms with Crippen LogP contribution in [0.5, 0.6) is 11.5 Å². The minimum absolute atomic E-state index is 0.0498. The van der Waals surface area contributed by atoms with Crippen LogP contribution in [0.25, 0.3) is 0 Å². The highest BCUT2D eigenvalue weighted by atomic mass is 16.5. The maximum absolute atomic E-state index is 12.1. The lowest BCUT2D eigenvalue weighted by molar-refractivity contribution is -0.142. The zero-order valence-corrected chi connectivity index (χ0v) is 22.2. The highest BCUT2D eigenvalue weighted by Crippen LogP contribution is 2.17. The zero-order chi connectivity index (χ0) is 28.3. The molecule has 39 heavy (non-hydrogen) atoms. The van der Waals surface area contributed by atoms with Crippen molar-refractivity contribution in [1.29, 1.82) is 0 Å². The minimum atomic E-state index is -0.372. The van der Waals surface area contributed by atoms with Crippen molar-refractivity contribution in [3.05, 3.63) is 85.0 Å². The number of hydrogen-bond donors (Lipinski definition) is 0. The Morgan fingerprint density at radius 2 is 1.21 bits per heavy atom. The first kappa shape index (κ1) is 31.2. The van der Waals surface area contributed by atoms with E-state index in [0.29, 0.717) is 56.0 Å². The Balaban J connectivity index is 1.58. The number of rotatable bonds is 19. The van der Waals surface area contributed by atoms with Gasteiger partial charge in [0.1, 0.15) is 18.1 Å². The van der Waals surface area contributed by atoms with Crippen LogP contribution in [-0.2, 0) is 30.3 Å². The monoisotopic (exact) mass is 536 g/mol. The van der Waals surface area contributed by atoms with Crippen LogP contribution in [0.2, 0.25) is 0 Å². The molecule has 0 amide bonds. The Morgan fingerprint density at radius 1 is 0.641 bits per heavy atom. The molecule has 0 radical (unpaired) electrons. The molecular formula is C31H36O8. The van der Waals surface area contributed by atoms with Gasteiger partial charge in [-0.25, -0.2) is 0 Å². The van der Waals surface area contributed by atoms with E-state index in [-0.39, 0.29) is 56.0 Å². The smallest absolute Gasteiger partial charge is 0.311 e. The van der Waals surface area contributed by atoms with Crippen molar-refractivity contribution in [3.8, 4) is 11.5 Å². The second kappa shape index (κ2) is 18.3. The van der Waals surface area contributed by atoms with Crippen LogP contribution in [0.1, 0.15) is 60.9 Å². The molecule has 0 bridgehead atoms. The third-order valence-corrected chi connectivity index (χ3v) is 5.51. The van der Waals surface area contributed by atoms with Crippen LogP contribution in [-0.4, -0.2) is 43.5 Å². The molecule has 0 N–H and O–H groups in total. The van der Waals surface area contributed by atoms with Crippen molar-refractivity contribution in [2.45, 2.75) is 51.4 Å². The van der Waals surface area contributed by atoms with E-state index in [1.54, 1.807) is 54.6 Å². The molecule has 2 rings (SSSR count). The Kier molecular flexibility index (Phi) is 14.6. The molecule has 0 atom stereocenters. The van der Waals surface area contributed by atoms with Crippen LogP contribution < -0.4 is 9.47 Å². The van der Waals surface area contributed by atoms with Gasteiger partial charge >= 0.3 is 17.9 Å². The molecule has 0 aliphatic rings. The van der Waals surface area contributed by atoms with Gasteiger partial charge < -0.3 is 18.9 Å². The SMILES string of the molecule is C=CCOCCC(=O)c1ccc(OC(=O)CCCCCC(=O)Oc2ccc(CCC(=O)OCC=C)cc2)cc1. The van der Waals surface area contributed by atoms with Crippen molar-refractivity contribution < 1.29 is 38.1 Å². The van der Waals surface area contributed by atoms with Crippen LogP contribution in [0.15, 0.2) is 73.8 Å². The number of unbranched alkanes of at least 4 members (excludes halogenated alkanes) is 2. The molecule has 0 saturated carbocycles. The number of ketones is 1. The average molecular weight is 537 g/mol. The number of Topliss-reactive ketones (excluding diaryl/α,β-unsaturated/α-hetero) is 1. The van der Waals surface area contributed by atoms with Crippen molar-refractivity contribution in [2.75, 3.05) is 19.8 Å². The van der Waals surface area contributed by atoms with E-state index in [1.807, 2.05) is 0 Å². The predicted octanol–water partition coefficient (Wildman–Crippen LogP) is 5.59. The molecule has 8 nitrogen and oxygen atoms in total. The molecular weight excluding hydrogens is 500 g/mol. The van der Waals surface area contributed by atoms with E-state index in [1.165, 1.54) is 6.08 Å². The van der Waals surface area contributed by atoms with Gasteiger partial charge in [0.25, 0.3) is 0 Å². The van der Waals surface area contributed by atoms with E-state index >= 15 is 0 Å². The molecule has 0 spiro atoms. The van der Waals surface area contributed by atoms with Gasteiger partial charge in [-0.2, -0.15) is 0 Å². The molecule has 2 aromatic carbocycles. The number of hydrogen-bond acceptors (Lipinski definition) is 8. The first-order chi connectivity index (χ1) is 18.9. The molecule has 0 aliphatic heterocycles. The minimum Gasteiger partial charge on any atom is -0.461 e. The number of ether oxygens (including phenoxy) is 4. The number of carbonyl (C=O) groups excluding carboxylic acids is 4. The number of esters is 3. The summed E-state index contributed by atoms with van der Waals surface area (Å²) in [7, 11) is 0. The maximum atomic E-state index is 12.1. The lowest BCUT2D eigenvalue weighted by Gasteiger charge is -2.07. The Labute approximate surface area is 229 Å². The topological polar surface area (TPSA) is 105 Å². The maximum Gasteiger partial charge on any atom is 0.311 e. The highest BCUT2D eigenvalue weighted by Gasteiger charge is 2.10. The van der Waals surface area contributed by atoms with E-state index in [4.69, 9.17) is 18.9 Å². The van der Waals surface area contributed by atoms with Gasteiger partial charge in [0.2, 0.25) is 0 Å². The molecule has 2 aromatic rings. The standard InChI is InChI=1S/C31H36O8/c1-3-21-36-23-20-28(32)25-13-17-27(18-14-25)39-31(35)9-7-5-6-8-30(34)38-26-15-10-24(11-16-26)12-19-29(33)37-22-4-2/h3-4,10-11,13-18H,1-2,5-9,12,19-23H2. The second-order valence-electron chi connectivity index (χ2n) is 8.69. The molecule has 0 saturated heterocycles. The third kappa shape index (κ3) is 13.4. The van der Waals surface area contributed by atoms with Crippen LogP contribution >= 0.6 is 0 Å². The molecule has 208 valence electrons. The van der Waals surface area contributed by atoms with Crippen LogP contribution in [0, 0.1) is 0 Å². The van der Waals surface area contributed by atoms with Gasteiger partial charge in [-0.05, 0) is 61.2 Å². The van der Waals surface area contributed by atoms with Gasteiger partial charge in [-0.3, -0.25) is 19.2 Å². The van der Waals surface area contributed by atoms with E-state index in [0.717, 1.165) is 5.56 Å². The van der Waals surface area contributed by atoms with Gasteiger partial charge in [0.15, 0.2) is 5.78 Å². The molecule has 0 aliphatic carbocycles. The Bertz CT molecular complexity index is 1090. The summed E-state index contributed by atoms with van der Waals surface area (Å²) in [6, 6.07) is 13.4. The zero-order valence-electron chi connectivity index (χ0n) is 22.2. The lowest BCUT2D eigenvalue weighted by Crippen LogP contribution is -2.09. The summed E-state index contributed by atoms with van der Waals surface area (Å²) in [5, 5.41) is 0. The fourth-order valence-corrected chi connectivity index (χ4v) is 3.46. The third-order valence-electron chi connectivity index (χ3n) is 5.51. The average Bonchev–Trinajstić information content (AvgIpc) is 2.94. The molecule has 0 unspecified atom stereocenters. The number of carbonyl (C=O) groups is 4. The summed E-state index contributed by atoms with van der Waals surface area (Å²) in [6.07, 6.45) is 6.51. The van der Waals surface area contributed by atoms with E-state index in [9.17, 15) is 19.2 Å². The Morgan fingerprint density at radius 3 is 1.77 bits per heavy atom. The van der Waals surface area contributed by atoms with E-state index in [2.05, 4.69) is 13.2 Å². The molecule has 0 heterocycles. The number of benzene rings is 2. The van der Waals surface area contributed by atoms with E-state index < -0.39 is 0 Å². The predicted molar refractivity (Wildman–Crippen MR) is 147 cm³/mol. The summed E-state index contributed by atoms with van der Waals surface area (Å²) < 4.78 is 20.8. The molecule has 0 fully saturated rings. The quantitative estimate of drug-likeness (QED) is 0.0753. The normalized spacial score (nSPS) is 10.4. The van der Waals surface area contributed by atoms with Crippen LogP contribution in [0.4, 0.5) is 0 Å². The largest absolute Gasteiger partial charge is 0.461 e. The van der Waals surface area contributed by atoms with Gasteiger partial charge in [-0.15, -0.1) is 6.58 Å². The van der Waals surface area contributed by atoms with Gasteiger partial charge in [0, 0.05) is 31.2 Å². The summed E-state index contributed by atoms with van der Waals surface area (Å²) in [4.78, 5) is 47.9. The molecule has 0 aromatic heterocycles. The molecule has 8 heteroatoms.